The first kappa shape index (κ1) is 19.3. The first-order chi connectivity index (χ1) is 16.2. The van der Waals surface area contributed by atoms with E-state index >= 15 is 0 Å². The number of amides is 1. The fourth-order valence-corrected chi connectivity index (χ4v) is 3.88. The van der Waals surface area contributed by atoms with Gasteiger partial charge in [0, 0.05) is 16.8 Å². The number of aromatic nitrogens is 6. The molecule has 0 aliphatic heterocycles. The van der Waals surface area contributed by atoms with Gasteiger partial charge in [-0.05, 0) is 60.5 Å². The van der Waals surface area contributed by atoms with Gasteiger partial charge in [0.2, 0.25) is 0 Å². The summed E-state index contributed by atoms with van der Waals surface area (Å²) in [4.78, 5) is 17.8. The number of hydrogen-bond acceptors (Lipinski definition) is 7. The molecule has 0 saturated heterocycles. The predicted molar refractivity (Wildman–Crippen MR) is 121 cm³/mol. The summed E-state index contributed by atoms with van der Waals surface area (Å²) in [7, 11) is 0. The van der Waals surface area contributed by atoms with Crippen molar-refractivity contribution in [1.29, 1.82) is 0 Å². The third-order valence-electron chi connectivity index (χ3n) is 5.72. The van der Waals surface area contributed by atoms with Crippen LogP contribution in [0.1, 0.15) is 34.9 Å². The van der Waals surface area contributed by atoms with E-state index in [4.69, 9.17) is 4.52 Å². The molecule has 6 rings (SSSR count). The Morgan fingerprint density at radius 1 is 1.06 bits per heavy atom. The van der Waals surface area contributed by atoms with E-state index in [-0.39, 0.29) is 5.91 Å². The van der Waals surface area contributed by atoms with Crippen LogP contribution in [0.2, 0.25) is 0 Å². The summed E-state index contributed by atoms with van der Waals surface area (Å²) in [6, 6.07) is 19.3. The monoisotopic (exact) mass is 437 g/mol. The molecule has 33 heavy (non-hydrogen) atoms. The predicted octanol–water partition coefficient (Wildman–Crippen LogP) is 4.44. The number of pyridine rings is 1. The van der Waals surface area contributed by atoms with Crippen LogP contribution in [0, 0.1) is 6.92 Å². The summed E-state index contributed by atoms with van der Waals surface area (Å²) < 4.78 is 7.24. The summed E-state index contributed by atoms with van der Waals surface area (Å²) in [5.41, 5.74) is 4.50. The lowest BCUT2D eigenvalue weighted by molar-refractivity contribution is 0.102. The number of nitrogens with one attached hydrogen (secondary N) is 1. The van der Waals surface area contributed by atoms with Crippen molar-refractivity contribution in [1.82, 2.24) is 30.3 Å². The number of nitrogens with zero attached hydrogens (tertiary/aromatic N) is 6. The summed E-state index contributed by atoms with van der Waals surface area (Å²) >= 11 is 0. The van der Waals surface area contributed by atoms with E-state index in [0.717, 1.165) is 29.8 Å². The highest BCUT2D eigenvalue weighted by Crippen LogP contribution is 2.36. The van der Waals surface area contributed by atoms with Crippen LogP contribution in [0.15, 0.2) is 65.2 Å². The molecule has 0 spiro atoms. The molecule has 162 valence electrons. The molecule has 0 radical (unpaired) electrons. The van der Waals surface area contributed by atoms with E-state index in [1.54, 1.807) is 13.0 Å². The molecular formula is C24H19N7O2. The van der Waals surface area contributed by atoms with Crippen LogP contribution in [-0.2, 0) is 0 Å². The van der Waals surface area contributed by atoms with E-state index in [9.17, 15) is 4.79 Å². The third kappa shape index (κ3) is 3.53. The molecule has 1 aliphatic carbocycles. The smallest absolute Gasteiger partial charge is 0.259 e. The van der Waals surface area contributed by atoms with Gasteiger partial charge in [0.25, 0.3) is 11.6 Å². The molecule has 0 atom stereocenters. The average Bonchev–Trinajstić information content (AvgIpc) is 3.46. The van der Waals surface area contributed by atoms with Crippen molar-refractivity contribution in [2.24, 2.45) is 0 Å². The number of rotatable bonds is 5. The van der Waals surface area contributed by atoms with Crippen molar-refractivity contribution in [2.45, 2.75) is 25.8 Å². The van der Waals surface area contributed by atoms with E-state index in [0.29, 0.717) is 39.8 Å². The zero-order valence-electron chi connectivity index (χ0n) is 17.8. The molecule has 1 N–H and O–H groups in total. The van der Waals surface area contributed by atoms with Gasteiger partial charge < -0.3 is 9.84 Å². The van der Waals surface area contributed by atoms with Crippen LogP contribution >= 0.6 is 0 Å². The minimum atomic E-state index is -0.263. The maximum Gasteiger partial charge on any atom is 0.259 e. The van der Waals surface area contributed by atoms with Gasteiger partial charge in [-0.3, -0.25) is 4.79 Å². The molecule has 5 aromatic rings. The first-order valence-corrected chi connectivity index (χ1v) is 10.7. The van der Waals surface area contributed by atoms with E-state index in [1.807, 2.05) is 59.3 Å². The molecule has 0 bridgehead atoms. The Balaban J connectivity index is 1.31. The number of fused-ring (bicyclic) bond motifs is 1. The van der Waals surface area contributed by atoms with Gasteiger partial charge >= 0.3 is 0 Å². The second kappa shape index (κ2) is 7.63. The Hall–Kier alpha value is -4.40. The van der Waals surface area contributed by atoms with Crippen molar-refractivity contribution in [2.75, 3.05) is 5.32 Å². The number of aryl methyl sites for hydroxylation is 1. The van der Waals surface area contributed by atoms with Gasteiger partial charge in [0.1, 0.15) is 0 Å². The molecule has 1 amide bonds. The summed E-state index contributed by atoms with van der Waals surface area (Å²) in [5.74, 6) is 0.472. The summed E-state index contributed by atoms with van der Waals surface area (Å²) in [6.07, 6.45) is 2.19. The average molecular weight is 437 g/mol. The Morgan fingerprint density at radius 2 is 1.85 bits per heavy atom. The van der Waals surface area contributed by atoms with Gasteiger partial charge in [-0.15, -0.1) is 5.10 Å². The van der Waals surface area contributed by atoms with Gasteiger partial charge in [-0.2, -0.15) is 0 Å². The zero-order valence-corrected chi connectivity index (χ0v) is 17.8. The van der Waals surface area contributed by atoms with Crippen LogP contribution in [0.5, 0.6) is 0 Å². The van der Waals surface area contributed by atoms with Crippen LogP contribution in [0.4, 0.5) is 5.69 Å². The number of hydrogen-bond donors (Lipinski definition) is 1. The van der Waals surface area contributed by atoms with Gasteiger partial charge in [-0.25, -0.2) is 9.67 Å². The van der Waals surface area contributed by atoms with Crippen molar-refractivity contribution in [3.05, 3.63) is 71.9 Å². The lowest BCUT2D eigenvalue weighted by Crippen LogP contribution is -2.13. The molecule has 0 unspecified atom stereocenters. The summed E-state index contributed by atoms with van der Waals surface area (Å²) in [6.45, 7) is 1.80. The normalized spacial score (nSPS) is 13.4. The SMILES string of the molecule is Cc1noc2nc(-c3ccccc3)cc(C(=O)Nc3ccc(-c4nnnn4C4CC4)cc3)c12. The molecule has 1 fully saturated rings. The van der Waals surface area contributed by atoms with E-state index < -0.39 is 0 Å². The number of carbonyl (C=O) groups excluding carboxylic acids is 1. The van der Waals surface area contributed by atoms with E-state index in [1.165, 1.54) is 0 Å². The Morgan fingerprint density at radius 3 is 2.61 bits per heavy atom. The minimum Gasteiger partial charge on any atom is -0.335 e. The Kier molecular flexibility index (Phi) is 4.46. The second-order valence-electron chi connectivity index (χ2n) is 8.08. The maximum absolute atomic E-state index is 13.3. The molecule has 9 heteroatoms. The fourth-order valence-electron chi connectivity index (χ4n) is 3.88. The van der Waals surface area contributed by atoms with Crippen molar-refractivity contribution < 1.29 is 9.32 Å². The van der Waals surface area contributed by atoms with Gasteiger partial charge in [0.15, 0.2) is 5.82 Å². The van der Waals surface area contributed by atoms with Crippen LogP contribution in [0.3, 0.4) is 0 Å². The second-order valence-corrected chi connectivity index (χ2v) is 8.08. The van der Waals surface area contributed by atoms with Crippen LogP contribution < -0.4 is 5.32 Å². The molecule has 3 aromatic heterocycles. The molecule has 9 nitrogen and oxygen atoms in total. The number of tetrazole rings is 1. The quantitative estimate of drug-likeness (QED) is 0.433. The maximum atomic E-state index is 13.3. The molecule has 1 aliphatic rings. The van der Waals surface area contributed by atoms with Gasteiger partial charge in [-0.1, -0.05) is 35.5 Å². The lowest BCUT2D eigenvalue weighted by Gasteiger charge is -2.09. The first-order valence-electron chi connectivity index (χ1n) is 10.7. The minimum absolute atomic E-state index is 0.263. The van der Waals surface area contributed by atoms with Crippen LogP contribution in [0.25, 0.3) is 33.7 Å². The third-order valence-corrected chi connectivity index (χ3v) is 5.72. The Labute approximate surface area is 188 Å². The van der Waals surface area contributed by atoms with Crippen molar-refractivity contribution in [3.8, 4) is 22.6 Å². The highest BCUT2D eigenvalue weighted by Gasteiger charge is 2.28. The molecule has 3 heterocycles. The summed E-state index contributed by atoms with van der Waals surface area (Å²) in [5, 5.41) is 19.6. The van der Waals surface area contributed by atoms with Gasteiger partial charge in [0.05, 0.1) is 28.4 Å². The molecular weight excluding hydrogens is 418 g/mol. The standard InChI is InChI=1S/C24H19N7O2/c1-14-21-19(13-20(26-24(21)33-28-14)15-5-3-2-4-6-15)23(32)25-17-9-7-16(8-10-17)22-27-29-30-31(22)18-11-12-18/h2-10,13,18H,11-12H2,1H3,(H,25,32). The lowest BCUT2D eigenvalue weighted by atomic mass is 10.0. The van der Waals surface area contributed by atoms with Crippen molar-refractivity contribution in [3.63, 3.8) is 0 Å². The molecule has 1 saturated carbocycles. The van der Waals surface area contributed by atoms with Crippen LogP contribution in [-0.4, -0.2) is 36.3 Å². The number of benzene rings is 2. The number of carbonyl (C=O) groups is 1. The topological polar surface area (TPSA) is 112 Å². The van der Waals surface area contributed by atoms with Crippen molar-refractivity contribution >= 4 is 22.7 Å². The molecule has 2 aromatic carbocycles. The van der Waals surface area contributed by atoms with E-state index in [2.05, 4.69) is 31.0 Å². The zero-order chi connectivity index (χ0) is 22.4. The Bertz CT molecular complexity index is 1470. The largest absolute Gasteiger partial charge is 0.335 e. The number of anilines is 1. The highest BCUT2D eigenvalue weighted by atomic mass is 16.5. The highest BCUT2D eigenvalue weighted by molar-refractivity contribution is 6.13. The fraction of sp³-hybridized carbons (Fsp3) is 0.167.